The van der Waals surface area contributed by atoms with Crippen LogP contribution >= 0.6 is 11.6 Å². The van der Waals surface area contributed by atoms with Crippen LogP contribution in [0.4, 0.5) is 4.39 Å². The average Bonchev–Trinajstić information content (AvgIpc) is 2.76. The molecule has 0 unspecified atom stereocenters. The van der Waals surface area contributed by atoms with Crippen LogP contribution in [-0.4, -0.2) is 5.16 Å². The highest BCUT2D eigenvalue weighted by atomic mass is 35.5. The highest BCUT2D eigenvalue weighted by Gasteiger charge is 2.01. The number of halogens is 2. The molecule has 0 radical (unpaired) electrons. The second-order valence-corrected chi connectivity index (χ2v) is 3.75. The zero-order valence-corrected chi connectivity index (χ0v) is 9.17. The number of aromatic nitrogens is 1. The summed E-state index contributed by atoms with van der Waals surface area (Å²) in [6.45, 7) is 1.14. The fraction of sp³-hybridized carbons (Fsp3) is 0.182. The molecule has 0 fully saturated rings. The maximum absolute atomic E-state index is 13.1. The van der Waals surface area contributed by atoms with Crippen molar-refractivity contribution in [2.45, 2.75) is 13.1 Å². The summed E-state index contributed by atoms with van der Waals surface area (Å²) in [4.78, 5) is 0. The van der Waals surface area contributed by atoms with E-state index in [0.29, 0.717) is 13.1 Å². The quantitative estimate of drug-likeness (QED) is 0.893. The number of nitrogens with zero attached hydrogens (tertiary/aromatic N) is 1. The first-order chi connectivity index (χ1) is 7.75. The van der Waals surface area contributed by atoms with E-state index in [1.54, 1.807) is 18.2 Å². The summed E-state index contributed by atoms with van der Waals surface area (Å²) >= 11 is 5.58. The number of hydrogen-bond donors (Lipinski definition) is 1. The van der Waals surface area contributed by atoms with Gasteiger partial charge in [-0.25, -0.2) is 4.39 Å². The van der Waals surface area contributed by atoms with Crippen LogP contribution in [0.15, 0.2) is 35.1 Å². The Morgan fingerprint density at radius 2 is 2.19 bits per heavy atom. The molecule has 0 aliphatic carbocycles. The lowest BCUT2D eigenvalue weighted by Crippen LogP contribution is -2.12. The molecule has 3 nitrogen and oxygen atoms in total. The van der Waals surface area contributed by atoms with Gasteiger partial charge in [-0.3, -0.25) is 0 Å². The van der Waals surface area contributed by atoms with E-state index < -0.39 is 5.82 Å². The molecular weight excluding hydrogens is 231 g/mol. The summed E-state index contributed by atoms with van der Waals surface area (Å²) in [5, 5.41) is 7.00. The van der Waals surface area contributed by atoms with Crippen molar-refractivity contribution < 1.29 is 8.91 Å². The summed E-state index contributed by atoms with van der Waals surface area (Å²) in [6, 6.07) is 6.51. The maximum atomic E-state index is 13.1. The lowest BCUT2D eigenvalue weighted by Gasteiger charge is -2.03. The largest absolute Gasteiger partial charge is 0.364 e. The van der Waals surface area contributed by atoms with Crippen molar-refractivity contribution in [2.24, 2.45) is 0 Å². The van der Waals surface area contributed by atoms with Crippen LogP contribution in [0.1, 0.15) is 11.3 Å². The van der Waals surface area contributed by atoms with Crippen LogP contribution in [-0.2, 0) is 13.1 Å². The Labute approximate surface area is 97.2 Å². The second-order valence-electron chi connectivity index (χ2n) is 3.34. The third-order valence-corrected chi connectivity index (χ3v) is 2.42. The zero-order chi connectivity index (χ0) is 11.4. The van der Waals surface area contributed by atoms with Gasteiger partial charge in [-0.15, -0.1) is 0 Å². The smallest absolute Gasteiger partial charge is 0.142 e. The molecule has 1 aromatic carbocycles. The number of nitrogens with one attached hydrogen (secondary N) is 1. The number of hydrogen-bond acceptors (Lipinski definition) is 3. The third kappa shape index (κ3) is 2.81. The Hall–Kier alpha value is -1.39. The van der Waals surface area contributed by atoms with E-state index in [2.05, 4.69) is 15.0 Å². The van der Waals surface area contributed by atoms with Crippen LogP contribution < -0.4 is 5.32 Å². The molecule has 16 heavy (non-hydrogen) atoms. The standard InChI is InChI=1S/C11H10ClFN2O/c12-10-2-1-8(5-11(10)13)6-14-7-9-3-4-16-15-9/h1-5,14H,6-7H2. The van der Waals surface area contributed by atoms with Gasteiger partial charge in [0.1, 0.15) is 12.1 Å². The second kappa shape index (κ2) is 5.09. The van der Waals surface area contributed by atoms with E-state index >= 15 is 0 Å². The molecule has 0 atom stereocenters. The van der Waals surface area contributed by atoms with E-state index in [9.17, 15) is 4.39 Å². The Balaban J connectivity index is 1.87. The van der Waals surface area contributed by atoms with E-state index in [-0.39, 0.29) is 5.02 Å². The van der Waals surface area contributed by atoms with Gasteiger partial charge in [-0.05, 0) is 17.7 Å². The highest BCUT2D eigenvalue weighted by Crippen LogP contribution is 2.15. The molecule has 5 heteroatoms. The first-order valence-electron chi connectivity index (χ1n) is 4.79. The van der Waals surface area contributed by atoms with Crippen LogP contribution in [0, 0.1) is 5.82 Å². The van der Waals surface area contributed by atoms with Gasteiger partial charge in [0.25, 0.3) is 0 Å². The highest BCUT2D eigenvalue weighted by molar-refractivity contribution is 6.30. The molecule has 0 saturated carbocycles. The lowest BCUT2D eigenvalue weighted by atomic mass is 10.2. The Morgan fingerprint density at radius 1 is 1.31 bits per heavy atom. The molecule has 1 N–H and O–H groups in total. The van der Waals surface area contributed by atoms with Gasteiger partial charge < -0.3 is 9.84 Å². The first kappa shape index (κ1) is 11.1. The molecule has 0 bridgehead atoms. The van der Waals surface area contributed by atoms with Gasteiger partial charge >= 0.3 is 0 Å². The zero-order valence-electron chi connectivity index (χ0n) is 8.41. The summed E-state index contributed by atoms with van der Waals surface area (Å²) in [7, 11) is 0. The van der Waals surface area contributed by atoms with Crippen molar-refractivity contribution in [1.82, 2.24) is 10.5 Å². The van der Waals surface area contributed by atoms with Crippen LogP contribution in [0.2, 0.25) is 5.02 Å². The molecule has 0 aliphatic heterocycles. The van der Waals surface area contributed by atoms with E-state index in [4.69, 9.17) is 11.6 Å². The van der Waals surface area contributed by atoms with Gasteiger partial charge in [0.15, 0.2) is 0 Å². The molecule has 2 rings (SSSR count). The van der Waals surface area contributed by atoms with E-state index in [1.165, 1.54) is 12.3 Å². The maximum Gasteiger partial charge on any atom is 0.142 e. The Morgan fingerprint density at radius 3 is 2.88 bits per heavy atom. The van der Waals surface area contributed by atoms with Gasteiger partial charge in [0, 0.05) is 19.2 Å². The average molecular weight is 241 g/mol. The predicted octanol–water partition coefficient (Wildman–Crippen LogP) is 2.76. The fourth-order valence-electron chi connectivity index (χ4n) is 1.31. The van der Waals surface area contributed by atoms with Gasteiger partial charge in [-0.1, -0.05) is 22.8 Å². The molecule has 1 heterocycles. The third-order valence-electron chi connectivity index (χ3n) is 2.11. The van der Waals surface area contributed by atoms with Gasteiger partial charge in [0.05, 0.1) is 10.7 Å². The van der Waals surface area contributed by atoms with Gasteiger partial charge in [0.2, 0.25) is 0 Å². The monoisotopic (exact) mass is 240 g/mol. The first-order valence-corrected chi connectivity index (χ1v) is 5.17. The summed E-state index contributed by atoms with van der Waals surface area (Å²) in [6.07, 6.45) is 1.51. The van der Waals surface area contributed by atoms with Crippen LogP contribution in [0.3, 0.4) is 0 Å². The van der Waals surface area contributed by atoms with Gasteiger partial charge in [-0.2, -0.15) is 0 Å². The SMILES string of the molecule is Fc1cc(CNCc2ccon2)ccc1Cl. The van der Waals surface area contributed by atoms with Crippen molar-refractivity contribution in [1.29, 1.82) is 0 Å². The minimum Gasteiger partial charge on any atom is -0.364 e. The molecule has 84 valence electrons. The minimum absolute atomic E-state index is 0.139. The van der Waals surface area contributed by atoms with Crippen molar-refractivity contribution in [2.75, 3.05) is 0 Å². The molecule has 1 aromatic heterocycles. The van der Waals surface area contributed by atoms with Crippen molar-refractivity contribution in [3.63, 3.8) is 0 Å². The van der Waals surface area contributed by atoms with Crippen LogP contribution in [0.5, 0.6) is 0 Å². The molecule has 0 spiro atoms. The van der Waals surface area contributed by atoms with E-state index in [0.717, 1.165) is 11.3 Å². The molecular formula is C11H10ClFN2O. The molecule has 2 aromatic rings. The fourth-order valence-corrected chi connectivity index (χ4v) is 1.43. The molecule has 0 amide bonds. The lowest BCUT2D eigenvalue weighted by molar-refractivity contribution is 0.408. The summed E-state index contributed by atoms with van der Waals surface area (Å²) in [5.41, 5.74) is 1.65. The minimum atomic E-state index is -0.401. The van der Waals surface area contributed by atoms with Crippen LogP contribution in [0.25, 0.3) is 0 Å². The Kier molecular flexibility index (Phi) is 3.54. The van der Waals surface area contributed by atoms with Crippen molar-refractivity contribution in [3.05, 3.63) is 52.6 Å². The Bertz CT molecular complexity index is 459. The van der Waals surface area contributed by atoms with Crippen molar-refractivity contribution >= 4 is 11.6 Å². The predicted molar refractivity (Wildman–Crippen MR) is 58.5 cm³/mol. The summed E-state index contributed by atoms with van der Waals surface area (Å²) in [5.74, 6) is -0.401. The topological polar surface area (TPSA) is 38.1 Å². The summed E-state index contributed by atoms with van der Waals surface area (Å²) < 4.78 is 17.8. The van der Waals surface area contributed by atoms with E-state index in [1.807, 2.05) is 0 Å². The molecule has 0 saturated heterocycles. The number of benzene rings is 1. The number of rotatable bonds is 4. The molecule has 0 aliphatic rings. The normalized spacial score (nSPS) is 10.6. The van der Waals surface area contributed by atoms with Crippen molar-refractivity contribution in [3.8, 4) is 0 Å².